The summed E-state index contributed by atoms with van der Waals surface area (Å²) >= 11 is 0. The highest BCUT2D eigenvalue weighted by molar-refractivity contribution is 5.21. The fourth-order valence-electron chi connectivity index (χ4n) is 0.919. The molecule has 3 heteroatoms. The third kappa shape index (κ3) is 1.81. The van der Waals surface area contributed by atoms with Gasteiger partial charge in [0, 0.05) is 0 Å². The van der Waals surface area contributed by atoms with E-state index >= 15 is 0 Å². The lowest BCUT2D eigenvalue weighted by molar-refractivity contribution is -0.0236. The zero-order chi connectivity index (χ0) is 9.19. The van der Waals surface area contributed by atoms with Crippen molar-refractivity contribution in [3.8, 4) is 0 Å². The highest BCUT2D eigenvalue weighted by Gasteiger charge is 2.19. The topological polar surface area (TPSA) is 35.2 Å². The molecular weight excluding hydrogens is 157 g/mol. The molecule has 0 saturated heterocycles. The number of hydrogen-bond donors (Lipinski definition) is 1. The lowest BCUT2D eigenvalue weighted by atomic mass is 9.99. The Kier molecular flexibility index (Phi) is 2.45. The van der Waals surface area contributed by atoms with Gasteiger partial charge in [-0.05, 0) is 31.5 Å². The monoisotopic (exact) mass is 169 g/mol. The average molecular weight is 169 g/mol. The molecule has 0 saturated carbocycles. The third-order valence-corrected chi connectivity index (χ3v) is 1.83. The minimum absolute atomic E-state index is 0.258. The Balaban J connectivity index is 2.96. The minimum Gasteiger partial charge on any atom is -0.294 e. The molecule has 0 radical (unpaired) electrons. The summed E-state index contributed by atoms with van der Waals surface area (Å²) in [6, 6.07) is 6.08. The van der Waals surface area contributed by atoms with Crippen molar-refractivity contribution in [1.29, 1.82) is 0 Å². The minimum atomic E-state index is -0.562. The molecule has 1 aromatic carbocycles. The molecule has 0 aromatic heterocycles. The summed E-state index contributed by atoms with van der Waals surface area (Å²) in [6.45, 7) is 3.64. The van der Waals surface area contributed by atoms with Crippen LogP contribution in [0.3, 0.4) is 0 Å². The Bertz CT molecular complexity index is 256. The standard InChI is InChI=1S/C9H12FNO/c1-9(2,12-11)7-3-5-8(10)6-4-7/h3-6H,11H2,1-2H3. The molecule has 0 atom stereocenters. The first kappa shape index (κ1) is 9.16. The first-order valence-corrected chi connectivity index (χ1v) is 3.70. The summed E-state index contributed by atoms with van der Waals surface area (Å²) in [6.07, 6.45) is 0. The van der Waals surface area contributed by atoms with E-state index in [9.17, 15) is 4.39 Å². The fourth-order valence-corrected chi connectivity index (χ4v) is 0.919. The van der Waals surface area contributed by atoms with E-state index in [1.807, 2.05) is 13.8 Å². The van der Waals surface area contributed by atoms with Gasteiger partial charge < -0.3 is 0 Å². The van der Waals surface area contributed by atoms with Gasteiger partial charge in [-0.3, -0.25) is 4.84 Å². The van der Waals surface area contributed by atoms with Gasteiger partial charge in [0.25, 0.3) is 0 Å². The lowest BCUT2D eigenvalue weighted by Gasteiger charge is -2.21. The van der Waals surface area contributed by atoms with E-state index in [1.54, 1.807) is 12.1 Å². The highest BCUT2D eigenvalue weighted by Crippen LogP contribution is 2.22. The van der Waals surface area contributed by atoms with Crippen LogP contribution in [0, 0.1) is 5.82 Å². The van der Waals surface area contributed by atoms with Crippen molar-refractivity contribution in [2.45, 2.75) is 19.4 Å². The zero-order valence-electron chi connectivity index (χ0n) is 7.17. The van der Waals surface area contributed by atoms with E-state index in [-0.39, 0.29) is 5.82 Å². The van der Waals surface area contributed by atoms with E-state index in [2.05, 4.69) is 0 Å². The molecule has 0 aliphatic carbocycles. The van der Waals surface area contributed by atoms with Gasteiger partial charge in [0.15, 0.2) is 0 Å². The van der Waals surface area contributed by atoms with Crippen LogP contribution in [0.1, 0.15) is 19.4 Å². The van der Waals surface area contributed by atoms with Gasteiger partial charge >= 0.3 is 0 Å². The Hall–Kier alpha value is -0.930. The molecular formula is C9H12FNO. The van der Waals surface area contributed by atoms with E-state index in [0.29, 0.717) is 0 Å². The molecule has 0 spiro atoms. The van der Waals surface area contributed by atoms with E-state index in [4.69, 9.17) is 10.7 Å². The molecule has 1 rings (SSSR count). The lowest BCUT2D eigenvalue weighted by Crippen LogP contribution is -2.25. The average Bonchev–Trinajstić information content (AvgIpc) is 2.05. The van der Waals surface area contributed by atoms with Crippen molar-refractivity contribution in [2.24, 2.45) is 5.90 Å². The van der Waals surface area contributed by atoms with Gasteiger partial charge in [-0.15, -0.1) is 0 Å². The van der Waals surface area contributed by atoms with Crippen LogP contribution in [-0.4, -0.2) is 0 Å². The molecule has 1 aromatic rings. The molecule has 0 aliphatic rings. The van der Waals surface area contributed by atoms with Crippen molar-refractivity contribution in [1.82, 2.24) is 0 Å². The van der Waals surface area contributed by atoms with Crippen LogP contribution >= 0.6 is 0 Å². The van der Waals surface area contributed by atoms with Crippen molar-refractivity contribution in [3.63, 3.8) is 0 Å². The molecule has 0 fully saturated rings. The van der Waals surface area contributed by atoms with Gasteiger partial charge in [0.05, 0.1) is 0 Å². The molecule has 0 amide bonds. The Morgan fingerprint density at radius 3 is 2.17 bits per heavy atom. The smallest absolute Gasteiger partial charge is 0.123 e. The van der Waals surface area contributed by atoms with E-state index < -0.39 is 5.60 Å². The van der Waals surface area contributed by atoms with Crippen molar-refractivity contribution < 1.29 is 9.23 Å². The summed E-state index contributed by atoms with van der Waals surface area (Å²) < 4.78 is 12.5. The first-order valence-electron chi connectivity index (χ1n) is 3.70. The van der Waals surface area contributed by atoms with E-state index in [0.717, 1.165) is 5.56 Å². The summed E-state index contributed by atoms with van der Waals surface area (Å²) in [5.41, 5.74) is 0.291. The number of benzene rings is 1. The second-order valence-electron chi connectivity index (χ2n) is 3.14. The molecule has 12 heavy (non-hydrogen) atoms. The maximum Gasteiger partial charge on any atom is 0.123 e. The SMILES string of the molecule is CC(C)(ON)c1ccc(F)cc1. The molecule has 0 aliphatic heterocycles. The Morgan fingerprint density at radius 2 is 1.75 bits per heavy atom. The summed E-state index contributed by atoms with van der Waals surface area (Å²) in [7, 11) is 0. The zero-order valence-corrected chi connectivity index (χ0v) is 7.17. The van der Waals surface area contributed by atoms with Crippen molar-refractivity contribution >= 4 is 0 Å². The van der Waals surface area contributed by atoms with Crippen LogP contribution in [0.4, 0.5) is 4.39 Å². The van der Waals surface area contributed by atoms with Crippen LogP contribution in [-0.2, 0) is 10.4 Å². The normalized spacial score (nSPS) is 11.7. The quantitative estimate of drug-likeness (QED) is 0.687. The van der Waals surface area contributed by atoms with Crippen LogP contribution in [0.2, 0.25) is 0 Å². The van der Waals surface area contributed by atoms with Crippen LogP contribution in [0.5, 0.6) is 0 Å². The molecule has 2 nitrogen and oxygen atoms in total. The number of halogens is 1. The summed E-state index contributed by atoms with van der Waals surface area (Å²) in [5, 5.41) is 0. The number of nitrogens with two attached hydrogens (primary N) is 1. The number of rotatable bonds is 2. The van der Waals surface area contributed by atoms with Crippen molar-refractivity contribution in [2.75, 3.05) is 0 Å². The highest BCUT2D eigenvalue weighted by atomic mass is 19.1. The maximum absolute atomic E-state index is 12.5. The molecule has 0 unspecified atom stereocenters. The van der Waals surface area contributed by atoms with Crippen LogP contribution in [0.15, 0.2) is 24.3 Å². The number of hydrogen-bond acceptors (Lipinski definition) is 2. The third-order valence-electron chi connectivity index (χ3n) is 1.83. The van der Waals surface area contributed by atoms with E-state index in [1.165, 1.54) is 12.1 Å². The predicted molar refractivity (Wildman–Crippen MR) is 44.7 cm³/mol. The first-order chi connectivity index (χ1) is 5.56. The van der Waals surface area contributed by atoms with Gasteiger partial charge in [-0.25, -0.2) is 10.3 Å². The molecule has 0 bridgehead atoms. The van der Waals surface area contributed by atoms with Gasteiger partial charge in [-0.2, -0.15) is 0 Å². The second kappa shape index (κ2) is 3.21. The molecule has 2 N–H and O–H groups in total. The predicted octanol–water partition coefficient (Wildman–Crippen LogP) is 1.95. The second-order valence-corrected chi connectivity index (χ2v) is 3.14. The van der Waals surface area contributed by atoms with Gasteiger partial charge in [0.1, 0.15) is 11.4 Å². The van der Waals surface area contributed by atoms with Gasteiger partial charge in [0.2, 0.25) is 0 Å². The summed E-state index contributed by atoms with van der Waals surface area (Å²) in [5.74, 6) is 4.82. The maximum atomic E-state index is 12.5. The summed E-state index contributed by atoms with van der Waals surface area (Å²) in [4.78, 5) is 4.74. The van der Waals surface area contributed by atoms with Gasteiger partial charge in [-0.1, -0.05) is 12.1 Å². The van der Waals surface area contributed by atoms with Crippen LogP contribution in [0.25, 0.3) is 0 Å². The fraction of sp³-hybridized carbons (Fsp3) is 0.333. The van der Waals surface area contributed by atoms with Crippen LogP contribution < -0.4 is 5.90 Å². The Morgan fingerprint density at radius 1 is 1.25 bits per heavy atom. The largest absolute Gasteiger partial charge is 0.294 e. The molecule has 66 valence electrons. The Labute approximate surface area is 71.1 Å². The molecule has 0 heterocycles. The van der Waals surface area contributed by atoms with Crippen molar-refractivity contribution in [3.05, 3.63) is 35.6 Å².